The van der Waals surface area contributed by atoms with Gasteiger partial charge in [-0.2, -0.15) is 0 Å². The van der Waals surface area contributed by atoms with Gasteiger partial charge in [-0.05, 0) is 43.7 Å². The molecule has 1 N–H and O–H groups in total. The normalized spacial score (nSPS) is 14.3. The summed E-state index contributed by atoms with van der Waals surface area (Å²) in [6, 6.07) is 8.69. The zero-order valence-corrected chi connectivity index (χ0v) is 12.4. The standard InChI is InChI=1S/C17H21N3/c1-4-15-11(2)19-16(20-17(15)18-3)14-7-5-6-13(10-14)12-8-9-12/h5-7,10,12H,4,8-9H2,1-3H3,(H,18,19,20). The van der Waals surface area contributed by atoms with Gasteiger partial charge in [0.25, 0.3) is 0 Å². The van der Waals surface area contributed by atoms with Crippen LogP contribution in [0.3, 0.4) is 0 Å². The molecule has 0 saturated heterocycles. The van der Waals surface area contributed by atoms with Crippen molar-refractivity contribution in [2.45, 2.75) is 39.0 Å². The van der Waals surface area contributed by atoms with Crippen molar-refractivity contribution in [1.82, 2.24) is 9.97 Å². The zero-order valence-electron chi connectivity index (χ0n) is 12.4. The van der Waals surface area contributed by atoms with Crippen LogP contribution in [0.2, 0.25) is 0 Å². The zero-order chi connectivity index (χ0) is 14.1. The van der Waals surface area contributed by atoms with Crippen molar-refractivity contribution in [2.24, 2.45) is 0 Å². The minimum Gasteiger partial charge on any atom is -0.373 e. The minimum absolute atomic E-state index is 0.759. The van der Waals surface area contributed by atoms with Crippen molar-refractivity contribution < 1.29 is 0 Å². The fourth-order valence-corrected chi connectivity index (χ4v) is 2.70. The summed E-state index contributed by atoms with van der Waals surface area (Å²) in [5.74, 6) is 2.54. The molecule has 1 aromatic heterocycles. The molecule has 0 amide bonds. The number of aryl methyl sites for hydroxylation is 1. The van der Waals surface area contributed by atoms with Crippen LogP contribution in [0.15, 0.2) is 24.3 Å². The molecule has 0 aliphatic heterocycles. The van der Waals surface area contributed by atoms with Crippen LogP contribution in [0.25, 0.3) is 11.4 Å². The van der Waals surface area contributed by atoms with Crippen molar-refractivity contribution in [3.8, 4) is 11.4 Å². The molecule has 1 aromatic carbocycles. The highest BCUT2D eigenvalue weighted by Gasteiger charge is 2.23. The molecule has 3 rings (SSSR count). The first-order chi connectivity index (χ1) is 9.72. The summed E-state index contributed by atoms with van der Waals surface area (Å²) in [5.41, 5.74) is 4.82. The number of nitrogens with one attached hydrogen (secondary N) is 1. The molecule has 1 saturated carbocycles. The molecule has 1 aliphatic rings. The summed E-state index contributed by atoms with van der Waals surface area (Å²) in [7, 11) is 1.92. The van der Waals surface area contributed by atoms with Crippen LogP contribution in [-0.4, -0.2) is 17.0 Å². The number of anilines is 1. The van der Waals surface area contributed by atoms with E-state index in [9.17, 15) is 0 Å². The molecule has 2 aromatic rings. The van der Waals surface area contributed by atoms with Crippen LogP contribution >= 0.6 is 0 Å². The van der Waals surface area contributed by atoms with E-state index in [-0.39, 0.29) is 0 Å². The lowest BCUT2D eigenvalue weighted by molar-refractivity contribution is 1.00. The molecule has 20 heavy (non-hydrogen) atoms. The van der Waals surface area contributed by atoms with Crippen molar-refractivity contribution in [1.29, 1.82) is 0 Å². The molecule has 0 radical (unpaired) electrons. The van der Waals surface area contributed by atoms with E-state index in [0.717, 1.165) is 35.2 Å². The topological polar surface area (TPSA) is 37.8 Å². The fourth-order valence-electron chi connectivity index (χ4n) is 2.70. The van der Waals surface area contributed by atoms with Gasteiger partial charge >= 0.3 is 0 Å². The van der Waals surface area contributed by atoms with Gasteiger partial charge in [-0.15, -0.1) is 0 Å². The van der Waals surface area contributed by atoms with E-state index in [1.165, 1.54) is 24.0 Å². The van der Waals surface area contributed by atoms with Gasteiger partial charge in [-0.1, -0.05) is 25.1 Å². The molecule has 0 atom stereocenters. The van der Waals surface area contributed by atoms with Gasteiger partial charge in [-0.25, -0.2) is 9.97 Å². The van der Waals surface area contributed by atoms with Crippen molar-refractivity contribution in [2.75, 3.05) is 12.4 Å². The number of aromatic nitrogens is 2. The SMILES string of the molecule is CCc1c(C)nc(-c2cccc(C3CC3)c2)nc1NC. The lowest BCUT2D eigenvalue weighted by Gasteiger charge is -2.12. The van der Waals surface area contributed by atoms with Crippen molar-refractivity contribution >= 4 is 5.82 Å². The van der Waals surface area contributed by atoms with Gasteiger partial charge < -0.3 is 5.32 Å². The molecule has 0 spiro atoms. The Balaban J connectivity index is 2.05. The number of hydrogen-bond donors (Lipinski definition) is 1. The highest BCUT2D eigenvalue weighted by Crippen LogP contribution is 2.40. The number of nitrogens with zero attached hydrogens (tertiary/aromatic N) is 2. The number of hydrogen-bond acceptors (Lipinski definition) is 3. The molecule has 3 nitrogen and oxygen atoms in total. The first-order valence-electron chi connectivity index (χ1n) is 7.38. The van der Waals surface area contributed by atoms with Gasteiger partial charge in [0.15, 0.2) is 5.82 Å². The average molecular weight is 267 g/mol. The van der Waals surface area contributed by atoms with E-state index in [2.05, 4.69) is 43.4 Å². The molecule has 1 fully saturated rings. The van der Waals surface area contributed by atoms with E-state index in [4.69, 9.17) is 9.97 Å². The maximum Gasteiger partial charge on any atom is 0.161 e. The summed E-state index contributed by atoms with van der Waals surface area (Å²) in [4.78, 5) is 9.38. The Morgan fingerprint density at radius 1 is 1.25 bits per heavy atom. The maximum atomic E-state index is 4.69. The Bertz CT molecular complexity index is 630. The van der Waals surface area contributed by atoms with E-state index in [1.54, 1.807) is 0 Å². The summed E-state index contributed by atoms with van der Waals surface area (Å²) < 4.78 is 0. The molecule has 0 unspecified atom stereocenters. The summed E-state index contributed by atoms with van der Waals surface area (Å²) in [6.45, 7) is 4.20. The summed E-state index contributed by atoms with van der Waals surface area (Å²) in [5, 5.41) is 3.20. The van der Waals surface area contributed by atoms with Crippen LogP contribution in [0.5, 0.6) is 0 Å². The van der Waals surface area contributed by atoms with Gasteiger partial charge in [0, 0.05) is 23.9 Å². The summed E-state index contributed by atoms with van der Waals surface area (Å²) >= 11 is 0. The largest absolute Gasteiger partial charge is 0.373 e. The second kappa shape index (κ2) is 5.23. The maximum absolute atomic E-state index is 4.69. The Hall–Kier alpha value is -1.90. The van der Waals surface area contributed by atoms with Gasteiger partial charge in [0.05, 0.1) is 0 Å². The third-order valence-electron chi connectivity index (χ3n) is 4.00. The monoisotopic (exact) mass is 267 g/mol. The molecular weight excluding hydrogens is 246 g/mol. The number of benzene rings is 1. The smallest absolute Gasteiger partial charge is 0.161 e. The summed E-state index contributed by atoms with van der Waals surface area (Å²) in [6.07, 6.45) is 3.59. The third kappa shape index (κ3) is 2.40. The van der Waals surface area contributed by atoms with Crippen molar-refractivity contribution in [3.05, 3.63) is 41.1 Å². The van der Waals surface area contributed by atoms with Crippen LogP contribution in [0, 0.1) is 6.92 Å². The van der Waals surface area contributed by atoms with Crippen LogP contribution < -0.4 is 5.32 Å². The van der Waals surface area contributed by atoms with Crippen molar-refractivity contribution in [3.63, 3.8) is 0 Å². The Labute approximate surface area is 120 Å². The molecular formula is C17H21N3. The Kier molecular flexibility index (Phi) is 3.43. The van der Waals surface area contributed by atoms with Crippen LogP contribution in [0.4, 0.5) is 5.82 Å². The second-order valence-corrected chi connectivity index (χ2v) is 5.46. The molecule has 1 heterocycles. The molecule has 0 bridgehead atoms. The van der Waals surface area contributed by atoms with Gasteiger partial charge in [0.1, 0.15) is 5.82 Å². The molecule has 104 valence electrons. The highest BCUT2D eigenvalue weighted by molar-refractivity contribution is 5.61. The van der Waals surface area contributed by atoms with E-state index in [0.29, 0.717) is 0 Å². The Morgan fingerprint density at radius 3 is 2.70 bits per heavy atom. The quantitative estimate of drug-likeness (QED) is 0.912. The minimum atomic E-state index is 0.759. The van der Waals surface area contributed by atoms with Crippen LogP contribution in [0.1, 0.15) is 42.5 Å². The highest BCUT2D eigenvalue weighted by atomic mass is 15.0. The fraction of sp³-hybridized carbons (Fsp3) is 0.412. The van der Waals surface area contributed by atoms with E-state index < -0.39 is 0 Å². The third-order valence-corrected chi connectivity index (χ3v) is 4.00. The lowest BCUT2D eigenvalue weighted by Crippen LogP contribution is -2.05. The predicted molar refractivity (Wildman–Crippen MR) is 83.1 cm³/mol. The lowest BCUT2D eigenvalue weighted by atomic mass is 10.1. The predicted octanol–water partition coefficient (Wildman–Crippen LogP) is 3.93. The van der Waals surface area contributed by atoms with Crippen LogP contribution in [-0.2, 0) is 6.42 Å². The number of rotatable bonds is 4. The first kappa shape index (κ1) is 13.1. The average Bonchev–Trinajstić information content (AvgIpc) is 3.31. The van der Waals surface area contributed by atoms with Gasteiger partial charge in [0.2, 0.25) is 0 Å². The van der Waals surface area contributed by atoms with E-state index in [1.807, 2.05) is 7.05 Å². The second-order valence-electron chi connectivity index (χ2n) is 5.46. The van der Waals surface area contributed by atoms with E-state index >= 15 is 0 Å². The Morgan fingerprint density at radius 2 is 2.05 bits per heavy atom. The first-order valence-corrected chi connectivity index (χ1v) is 7.38. The molecule has 1 aliphatic carbocycles. The molecule has 3 heteroatoms. The van der Waals surface area contributed by atoms with Gasteiger partial charge in [-0.3, -0.25) is 0 Å².